The van der Waals surface area contributed by atoms with Crippen molar-refractivity contribution < 1.29 is 9.59 Å². The Morgan fingerprint density at radius 1 is 1.41 bits per heavy atom. The Labute approximate surface area is 98.8 Å². The summed E-state index contributed by atoms with van der Waals surface area (Å²) < 4.78 is 0. The molecule has 0 aliphatic rings. The number of pyridine rings is 1. The zero-order valence-electron chi connectivity index (χ0n) is 9.65. The van der Waals surface area contributed by atoms with Crippen LogP contribution in [-0.2, 0) is 4.79 Å². The van der Waals surface area contributed by atoms with E-state index in [0.29, 0.717) is 5.69 Å². The molecule has 1 heterocycles. The number of hydrazine groups is 1. The zero-order valence-corrected chi connectivity index (χ0v) is 9.65. The maximum Gasteiger partial charge on any atom is 0.270 e. The number of carbonyl (C=O) groups excluding carboxylic acids is 2. The minimum absolute atomic E-state index is 0.222. The van der Waals surface area contributed by atoms with Gasteiger partial charge in [-0.25, -0.2) is 4.98 Å². The number of amides is 2. The van der Waals surface area contributed by atoms with Gasteiger partial charge in [0.25, 0.3) is 5.91 Å². The standard InChI is InChI=1S/C10H15N5O2/c1-6(9(16)12-2)14-10(17)8-4-3-7(15-11)5-13-8/h3-6,15H,11H2,1-2H3,(H,12,16)(H,14,17). The number of nitrogens with zero attached hydrogens (tertiary/aromatic N) is 1. The average molecular weight is 237 g/mol. The summed E-state index contributed by atoms with van der Waals surface area (Å²) in [7, 11) is 1.50. The van der Waals surface area contributed by atoms with Crippen LogP contribution < -0.4 is 21.9 Å². The van der Waals surface area contributed by atoms with Gasteiger partial charge >= 0.3 is 0 Å². The largest absolute Gasteiger partial charge is 0.357 e. The number of hydrogen-bond acceptors (Lipinski definition) is 5. The molecule has 1 rings (SSSR count). The summed E-state index contributed by atoms with van der Waals surface area (Å²) >= 11 is 0. The van der Waals surface area contributed by atoms with Crippen molar-refractivity contribution in [3.05, 3.63) is 24.0 Å². The van der Waals surface area contributed by atoms with Crippen LogP contribution in [0.15, 0.2) is 18.3 Å². The third-order valence-corrected chi connectivity index (χ3v) is 2.15. The Morgan fingerprint density at radius 2 is 2.12 bits per heavy atom. The molecule has 1 atom stereocenters. The Balaban J connectivity index is 2.66. The van der Waals surface area contributed by atoms with Crippen LogP contribution in [0.3, 0.4) is 0 Å². The molecule has 0 aliphatic carbocycles. The van der Waals surface area contributed by atoms with E-state index >= 15 is 0 Å². The third-order valence-electron chi connectivity index (χ3n) is 2.15. The number of anilines is 1. The van der Waals surface area contributed by atoms with E-state index in [1.807, 2.05) is 0 Å². The zero-order chi connectivity index (χ0) is 12.8. The van der Waals surface area contributed by atoms with Crippen LogP contribution in [0.2, 0.25) is 0 Å². The van der Waals surface area contributed by atoms with E-state index in [1.54, 1.807) is 13.0 Å². The molecule has 1 aromatic heterocycles. The van der Waals surface area contributed by atoms with Crippen molar-refractivity contribution in [3.63, 3.8) is 0 Å². The quantitative estimate of drug-likeness (QED) is 0.406. The van der Waals surface area contributed by atoms with Crippen molar-refractivity contribution in [2.75, 3.05) is 12.5 Å². The molecule has 0 fully saturated rings. The first-order valence-corrected chi connectivity index (χ1v) is 5.03. The molecule has 0 bridgehead atoms. The number of hydrogen-bond donors (Lipinski definition) is 4. The SMILES string of the molecule is CNC(=O)C(C)NC(=O)c1ccc(NN)cn1. The molecule has 0 spiro atoms. The monoisotopic (exact) mass is 237 g/mol. The molecule has 17 heavy (non-hydrogen) atoms. The van der Waals surface area contributed by atoms with E-state index in [-0.39, 0.29) is 11.6 Å². The van der Waals surface area contributed by atoms with Crippen molar-refractivity contribution in [3.8, 4) is 0 Å². The van der Waals surface area contributed by atoms with Gasteiger partial charge in [0.05, 0.1) is 11.9 Å². The summed E-state index contributed by atoms with van der Waals surface area (Å²) in [6, 6.07) is 2.52. The minimum atomic E-state index is -0.610. The van der Waals surface area contributed by atoms with Gasteiger partial charge in [-0.05, 0) is 19.1 Å². The van der Waals surface area contributed by atoms with E-state index < -0.39 is 11.9 Å². The average Bonchev–Trinajstić information content (AvgIpc) is 2.37. The van der Waals surface area contributed by atoms with Gasteiger partial charge in [0.1, 0.15) is 11.7 Å². The highest BCUT2D eigenvalue weighted by Gasteiger charge is 2.15. The molecule has 2 amide bonds. The Hall–Kier alpha value is -2.15. The molecule has 0 saturated heterocycles. The fourth-order valence-electron chi connectivity index (χ4n) is 1.17. The fourth-order valence-corrected chi connectivity index (χ4v) is 1.17. The predicted octanol–water partition coefficient (Wildman–Crippen LogP) is -0.768. The summed E-state index contributed by atoms with van der Waals surface area (Å²) in [6.07, 6.45) is 1.43. The number of nitrogen functional groups attached to an aromatic ring is 1. The maximum atomic E-state index is 11.7. The fraction of sp³-hybridized carbons (Fsp3) is 0.300. The van der Waals surface area contributed by atoms with Gasteiger partial charge in [0, 0.05) is 7.05 Å². The molecule has 0 aromatic carbocycles. The number of aromatic nitrogens is 1. The number of nitrogens with two attached hydrogens (primary N) is 1. The van der Waals surface area contributed by atoms with Crippen LogP contribution in [0.5, 0.6) is 0 Å². The third kappa shape index (κ3) is 3.42. The van der Waals surface area contributed by atoms with Gasteiger partial charge in [-0.2, -0.15) is 0 Å². The Kier molecular flexibility index (Phi) is 4.41. The minimum Gasteiger partial charge on any atom is -0.357 e. The van der Waals surface area contributed by atoms with Crippen molar-refractivity contribution in [2.24, 2.45) is 5.84 Å². The summed E-state index contributed by atoms with van der Waals surface area (Å²) in [4.78, 5) is 26.8. The Bertz CT molecular complexity index is 404. The molecular formula is C10H15N5O2. The first-order chi connectivity index (χ1) is 8.08. The lowest BCUT2D eigenvalue weighted by atomic mass is 10.2. The lowest BCUT2D eigenvalue weighted by Crippen LogP contribution is -2.43. The van der Waals surface area contributed by atoms with Gasteiger partial charge in [-0.15, -0.1) is 0 Å². The van der Waals surface area contributed by atoms with Crippen molar-refractivity contribution in [1.29, 1.82) is 0 Å². The number of rotatable bonds is 4. The molecule has 92 valence electrons. The summed E-state index contributed by atoms with van der Waals surface area (Å²) in [5.74, 6) is 4.49. The second kappa shape index (κ2) is 5.80. The second-order valence-corrected chi connectivity index (χ2v) is 3.39. The molecule has 5 N–H and O–H groups in total. The van der Waals surface area contributed by atoms with Crippen molar-refractivity contribution in [1.82, 2.24) is 15.6 Å². The van der Waals surface area contributed by atoms with Gasteiger partial charge in [-0.3, -0.25) is 15.4 Å². The smallest absolute Gasteiger partial charge is 0.270 e. The highest BCUT2D eigenvalue weighted by molar-refractivity contribution is 5.96. The second-order valence-electron chi connectivity index (χ2n) is 3.39. The highest BCUT2D eigenvalue weighted by atomic mass is 16.2. The van der Waals surface area contributed by atoms with Crippen LogP contribution in [0.1, 0.15) is 17.4 Å². The van der Waals surface area contributed by atoms with E-state index in [9.17, 15) is 9.59 Å². The lowest BCUT2D eigenvalue weighted by molar-refractivity contribution is -0.122. The maximum absolute atomic E-state index is 11.7. The molecule has 0 aliphatic heterocycles. The van der Waals surface area contributed by atoms with E-state index in [1.165, 1.54) is 19.3 Å². The predicted molar refractivity (Wildman–Crippen MR) is 63.0 cm³/mol. The van der Waals surface area contributed by atoms with Crippen LogP contribution in [-0.4, -0.2) is 29.9 Å². The van der Waals surface area contributed by atoms with Crippen LogP contribution in [0.25, 0.3) is 0 Å². The summed E-state index contributed by atoms with van der Waals surface area (Å²) in [6.45, 7) is 1.59. The number of likely N-dealkylation sites (N-methyl/N-ethyl adjacent to an activating group) is 1. The van der Waals surface area contributed by atoms with Crippen molar-refractivity contribution in [2.45, 2.75) is 13.0 Å². The number of carbonyl (C=O) groups is 2. The van der Waals surface area contributed by atoms with Crippen LogP contribution in [0, 0.1) is 0 Å². The topological polar surface area (TPSA) is 109 Å². The summed E-state index contributed by atoms with van der Waals surface area (Å²) in [5.41, 5.74) is 3.22. The van der Waals surface area contributed by atoms with E-state index in [4.69, 9.17) is 5.84 Å². The lowest BCUT2D eigenvalue weighted by Gasteiger charge is -2.11. The molecular weight excluding hydrogens is 222 g/mol. The molecule has 7 nitrogen and oxygen atoms in total. The van der Waals surface area contributed by atoms with E-state index in [0.717, 1.165) is 0 Å². The Morgan fingerprint density at radius 3 is 2.59 bits per heavy atom. The molecule has 1 aromatic rings. The van der Waals surface area contributed by atoms with Gasteiger partial charge < -0.3 is 16.1 Å². The van der Waals surface area contributed by atoms with Gasteiger partial charge in [0.2, 0.25) is 5.91 Å². The summed E-state index contributed by atoms with van der Waals surface area (Å²) in [5, 5.41) is 4.96. The molecule has 7 heteroatoms. The molecule has 0 saturated carbocycles. The molecule has 1 unspecified atom stereocenters. The van der Waals surface area contributed by atoms with E-state index in [2.05, 4.69) is 21.0 Å². The first-order valence-electron chi connectivity index (χ1n) is 5.03. The van der Waals surface area contributed by atoms with Crippen LogP contribution in [0.4, 0.5) is 5.69 Å². The van der Waals surface area contributed by atoms with Gasteiger partial charge in [-0.1, -0.05) is 0 Å². The van der Waals surface area contributed by atoms with Crippen molar-refractivity contribution >= 4 is 17.5 Å². The van der Waals surface area contributed by atoms with Gasteiger partial charge in [0.15, 0.2) is 0 Å². The first kappa shape index (κ1) is 12.9. The number of nitrogens with one attached hydrogen (secondary N) is 3. The molecule has 0 radical (unpaired) electrons. The van der Waals surface area contributed by atoms with Crippen LogP contribution >= 0.6 is 0 Å². The normalized spacial score (nSPS) is 11.5. The highest BCUT2D eigenvalue weighted by Crippen LogP contribution is 2.04.